The maximum Gasteiger partial charge on any atom is 0.338 e. The van der Waals surface area contributed by atoms with Gasteiger partial charge in [0.1, 0.15) is 0 Å². The van der Waals surface area contributed by atoms with Gasteiger partial charge in [-0.15, -0.1) is 11.8 Å². The second-order valence-electron chi connectivity index (χ2n) is 4.97. The zero-order chi connectivity index (χ0) is 17.4. The van der Waals surface area contributed by atoms with Crippen LogP contribution in [0.4, 0.5) is 0 Å². The second kappa shape index (κ2) is 9.35. The molecule has 1 N–H and O–H groups in total. The number of benzene rings is 2. The lowest BCUT2D eigenvalue weighted by molar-refractivity contribution is -0.124. The Hall–Kier alpha value is -1.98. The van der Waals surface area contributed by atoms with E-state index >= 15 is 0 Å². The standard InChI is InChI=1S/C18H18ClNO3S/c1-2-20-17(21)11-23-18(22)14-5-3-13(4-6-14)12-24-16-9-7-15(19)8-10-16/h3-10H,2,11-12H2,1H3,(H,20,21). The Morgan fingerprint density at radius 3 is 2.38 bits per heavy atom. The van der Waals surface area contributed by atoms with E-state index in [-0.39, 0.29) is 12.5 Å². The summed E-state index contributed by atoms with van der Waals surface area (Å²) < 4.78 is 4.95. The van der Waals surface area contributed by atoms with E-state index in [1.54, 1.807) is 30.8 Å². The van der Waals surface area contributed by atoms with Crippen molar-refractivity contribution < 1.29 is 14.3 Å². The van der Waals surface area contributed by atoms with Crippen LogP contribution in [0.1, 0.15) is 22.8 Å². The van der Waals surface area contributed by atoms with Crippen molar-refractivity contribution in [3.63, 3.8) is 0 Å². The molecule has 0 atom stereocenters. The molecule has 0 aliphatic carbocycles. The van der Waals surface area contributed by atoms with Crippen molar-refractivity contribution in [1.29, 1.82) is 0 Å². The highest BCUT2D eigenvalue weighted by molar-refractivity contribution is 7.98. The van der Waals surface area contributed by atoms with E-state index in [0.29, 0.717) is 12.1 Å². The largest absolute Gasteiger partial charge is 0.452 e. The molecule has 0 spiro atoms. The summed E-state index contributed by atoms with van der Waals surface area (Å²) in [6.07, 6.45) is 0. The molecule has 0 aliphatic rings. The molecule has 6 heteroatoms. The number of hydrogen-bond acceptors (Lipinski definition) is 4. The number of halogens is 1. The van der Waals surface area contributed by atoms with Crippen LogP contribution in [-0.2, 0) is 15.3 Å². The molecule has 0 aromatic heterocycles. The SMILES string of the molecule is CCNC(=O)COC(=O)c1ccc(CSc2ccc(Cl)cc2)cc1. The Kier molecular flexibility index (Phi) is 7.15. The van der Waals surface area contributed by atoms with Crippen molar-refractivity contribution in [3.8, 4) is 0 Å². The van der Waals surface area contributed by atoms with Crippen LogP contribution in [0, 0.1) is 0 Å². The van der Waals surface area contributed by atoms with Gasteiger partial charge in [0.25, 0.3) is 5.91 Å². The Labute approximate surface area is 150 Å². The lowest BCUT2D eigenvalue weighted by Crippen LogP contribution is -2.28. The number of hydrogen-bond donors (Lipinski definition) is 1. The summed E-state index contributed by atoms with van der Waals surface area (Å²) >= 11 is 7.55. The highest BCUT2D eigenvalue weighted by Crippen LogP contribution is 2.24. The molecule has 0 bridgehead atoms. The van der Waals surface area contributed by atoms with Crippen molar-refractivity contribution in [3.05, 3.63) is 64.7 Å². The van der Waals surface area contributed by atoms with E-state index in [1.165, 1.54) is 0 Å². The molecule has 0 fully saturated rings. The number of nitrogens with one attached hydrogen (secondary N) is 1. The number of rotatable bonds is 7. The number of carbonyl (C=O) groups is 2. The minimum atomic E-state index is -0.502. The van der Waals surface area contributed by atoms with Crippen molar-refractivity contribution in [2.75, 3.05) is 13.2 Å². The average Bonchev–Trinajstić information content (AvgIpc) is 2.60. The summed E-state index contributed by atoms with van der Waals surface area (Å²) in [5.74, 6) is -0.0180. The molecule has 0 aliphatic heterocycles. The summed E-state index contributed by atoms with van der Waals surface area (Å²) in [6.45, 7) is 2.05. The van der Waals surface area contributed by atoms with Gasteiger partial charge in [-0.25, -0.2) is 4.79 Å². The quantitative estimate of drug-likeness (QED) is 0.598. The molecular formula is C18H18ClNO3S. The third kappa shape index (κ3) is 5.91. The van der Waals surface area contributed by atoms with E-state index in [0.717, 1.165) is 21.2 Å². The normalized spacial score (nSPS) is 10.2. The van der Waals surface area contributed by atoms with E-state index in [9.17, 15) is 9.59 Å². The predicted octanol–water partition coefficient (Wildman–Crippen LogP) is 3.93. The number of thioether (sulfide) groups is 1. The van der Waals surface area contributed by atoms with Gasteiger partial charge in [-0.3, -0.25) is 4.79 Å². The topological polar surface area (TPSA) is 55.4 Å². The van der Waals surface area contributed by atoms with Crippen LogP contribution in [0.15, 0.2) is 53.4 Å². The minimum Gasteiger partial charge on any atom is -0.452 e. The molecular weight excluding hydrogens is 346 g/mol. The van der Waals surface area contributed by atoms with Gasteiger partial charge in [0.05, 0.1) is 5.56 Å². The van der Waals surface area contributed by atoms with E-state index in [4.69, 9.17) is 16.3 Å². The van der Waals surface area contributed by atoms with Gasteiger partial charge in [-0.1, -0.05) is 23.7 Å². The first-order chi connectivity index (χ1) is 11.6. The number of carbonyl (C=O) groups excluding carboxylic acids is 2. The van der Waals surface area contributed by atoms with Gasteiger partial charge in [0, 0.05) is 22.2 Å². The summed E-state index contributed by atoms with van der Waals surface area (Å²) in [5.41, 5.74) is 1.52. The van der Waals surface area contributed by atoms with Crippen LogP contribution in [0.2, 0.25) is 5.02 Å². The number of ether oxygens (including phenoxy) is 1. The van der Waals surface area contributed by atoms with Gasteiger partial charge in [-0.05, 0) is 48.9 Å². The molecule has 0 unspecified atom stereocenters. The van der Waals surface area contributed by atoms with Gasteiger partial charge >= 0.3 is 5.97 Å². The first-order valence-electron chi connectivity index (χ1n) is 7.49. The van der Waals surface area contributed by atoms with Crippen LogP contribution in [-0.4, -0.2) is 25.0 Å². The summed E-state index contributed by atoms with van der Waals surface area (Å²) in [6, 6.07) is 14.8. The predicted molar refractivity (Wildman–Crippen MR) is 96.4 cm³/mol. The smallest absolute Gasteiger partial charge is 0.338 e. The maximum absolute atomic E-state index is 11.9. The highest BCUT2D eigenvalue weighted by atomic mass is 35.5. The molecule has 2 aromatic rings. The molecule has 4 nitrogen and oxygen atoms in total. The molecule has 0 saturated heterocycles. The minimum absolute atomic E-state index is 0.263. The van der Waals surface area contributed by atoms with Crippen molar-refractivity contribution in [1.82, 2.24) is 5.32 Å². The Balaban J connectivity index is 1.84. The monoisotopic (exact) mass is 363 g/mol. The van der Waals surface area contributed by atoms with Gasteiger partial charge < -0.3 is 10.1 Å². The molecule has 24 heavy (non-hydrogen) atoms. The van der Waals surface area contributed by atoms with Gasteiger partial charge in [-0.2, -0.15) is 0 Å². The molecule has 2 rings (SSSR count). The number of likely N-dealkylation sites (N-methyl/N-ethyl adjacent to an activating group) is 1. The Morgan fingerprint density at radius 2 is 1.75 bits per heavy atom. The lowest BCUT2D eigenvalue weighted by Gasteiger charge is -2.06. The summed E-state index contributed by atoms with van der Waals surface area (Å²) in [7, 11) is 0. The van der Waals surface area contributed by atoms with Crippen molar-refractivity contribution >= 4 is 35.2 Å². The van der Waals surface area contributed by atoms with Crippen LogP contribution in [0.25, 0.3) is 0 Å². The van der Waals surface area contributed by atoms with E-state index in [2.05, 4.69) is 5.32 Å². The van der Waals surface area contributed by atoms with Gasteiger partial charge in [0.2, 0.25) is 0 Å². The molecule has 0 radical (unpaired) electrons. The fraction of sp³-hybridized carbons (Fsp3) is 0.222. The average molecular weight is 364 g/mol. The Bertz CT molecular complexity index is 686. The van der Waals surface area contributed by atoms with Crippen molar-refractivity contribution in [2.45, 2.75) is 17.6 Å². The van der Waals surface area contributed by atoms with Crippen LogP contribution in [0.5, 0.6) is 0 Å². The van der Waals surface area contributed by atoms with Crippen LogP contribution < -0.4 is 5.32 Å². The van der Waals surface area contributed by atoms with E-state index < -0.39 is 5.97 Å². The van der Waals surface area contributed by atoms with Crippen molar-refractivity contribution in [2.24, 2.45) is 0 Å². The maximum atomic E-state index is 11.9. The number of esters is 1. The molecule has 2 aromatic carbocycles. The second-order valence-corrected chi connectivity index (χ2v) is 6.45. The van der Waals surface area contributed by atoms with Crippen LogP contribution in [0.3, 0.4) is 0 Å². The fourth-order valence-corrected chi connectivity index (χ4v) is 2.88. The van der Waals surface area contributed by atoms with Crippen LogP contribution >= 0.6 is 23.4 Å². The molecule has 126 valence electrons. The first-order valence-corrected chi connectivity index (χ1v) is 8.86. The molecule has 1 amide bonds. The van der Waals surface area contributed by atoms with Gasteiger partial charge in [0.15, 0.2) is 6.61 Å². The summed E-state index contributed by atoms with van der Waals surface area (Å²) in [5, 5.41) is 3.29. The van der Waals surface area contributed by atoms with E-state index in [1.807, 2.05) is 36.4 Å². The lowest BCUT2D eigenvalue weighted by atomic mass is 10.1. The third-order valence-corrected chi connectivity index (χ3v) is 4.45. The first kappa shape index (κ1) is 18.4. The third-order valence-electron chi connectivity index (χ3n) is 3.12. The molecule has 0 saturated carbocycles. The highest BCUT2D eigenvalue weighted by Gasteiger charge is 2.09. The zero-order valence-electron chi connectivity index (χ0n) is 13.3. The number of amides is 1. The Morgan fingerprint density at radius 1 is 1.08 bits per heavy atom. The fourth-order valence-electron chi connectivity index (χ4n) is 1.90. The summed E-state index contributed by atoms with van der Waals surface area (Å²) in [4.78, 5) is 24.3. The zero-order valence-corrected chi connectivity index (χ0v) is 14.8. The molecule has 0 heterocycles.